The van der Waals surface area contributed by atoms with Gasteiger partial charge in [0, 0.05) is 25.0 Å². The predicted octanol–water partition coefficient (Wildman–Crippen LogP) is 1.49. The molecule has 2 N–H and O–H groups in total. The van der Waals surface area contributed by atoms with E-state index in [1.807, 2.05) is 12.4 Å². The van der Waals surface area contributed by atoms with Gasteiger partial charge in [-0.2, -0.15) is 0 Å². The second-order valence-electron chi connectivity index (χ2n) is 4.49. The van der Waals surface area contributed by atoms with Crippen LogP contribution in [0.3, 0.4) is 0 Å². The topological polar surface area (TPSA) is 41.9 Å². The molecule has 0 aliphatic carbocycles. The molecule has 1 aromatic rings. The highest BCUT2D eigenvalue weighted by atomic mass is 15.2. The SMILES string of the molecule is CC(C)n1ccnc1NCC1CCNC1. The van der Waals surface area contributed by atoms with Gasteiger partial charge in [-0.15, -0.1) is 0 Å². The van der Waals surface area contributed by atoms with Gasteiger partial charge in [0.1, 0.15) is 0 Å². The van der Waals surface area contributed by atoms with Crippen molar-refractivity contribution >= 4 is 5.95 Å². The molecule has 4 heteroatoms. The second-order valence-corrected chi connectivity index (χ2v) is 4.49. The van der Waals surface area contributed by atoms with Crippen LogP contribution in [0.5, 0.6) is 0 Å². The Kier molecular flexibility index (Phi) is 3.26. The lowest BCUT2D eigenvalue weighted by Crippen LogP contribution is -2.19. The third-order valence-electron chi connectivity index (χ3n) is 2.94. The zero-order valence-electron chi connectivity index (χ0n) is 9.53. The molecule has 1 fully saturated rings. The Labute approximate surface area is 91.1 Å². The van der Waals surface area contributed by atoms with Gasteiger partial charge in [0.25, 0.3) is 0 Å². The molecule has 84 valence electrons. The van der Waals surface area contributed by atoms with Crippen molar-refractivity contribution in [1.29, 1.82) is 0 Å². The highest BCUT2D eigenvalue weighted by molar-refractivity contribution is 5.26. The summed E-state index contributed by atoms with van der Waals surface area (Å²) in [6.07, 6.45) is 5.16. The van der Waals surface area contributed by atoms with E-state index in [2.05, 4.69) is 34.0 Å². The molecule has 2 rings (SSSR count). The number of rotatable bonds is 4. The van der Waals surface area contributed by atoms with Crippen LogP contribution in [0.1, 0.15) is 26.3 Å². The highest BCUT2D eigenvalue weighted by Gasteiger charge is 2.15. The Morgan fingerprint density at radius 2 is 2.53 bits per heavy atom. The summed E-state index contributed by atoms with van der Waals surface area (Å²) in [5, 5.41) is 6.80. The van der Waals surface area contributed by atoms with Crippen LogP contribution in [-0.2, 0) is 0 Å². The molecule has 1 unspecified atom stereocenters. The van der Waals surface area contributed by atoms with Gasteiger partial charge in [0.2, 0.25) is 5.95 Å². The van der Waals surface area contributed by atoms with Crippen LogP contribution in [0.15, 0.2) is 12.4 Å². The van der Waals surface area contributed by atoms with Crippen molar-refractivity contribution in [2.45, 2.75) is 26.3 Å². The van der Waals surface area contributed by atoms with Crippen molar-refractivity contribution in [3.05, 3.63) is 12.4 Å². The molecule has 1 saturated heterocycles. The zero-order chi connectivity index (χ0) is 10.7. The number of aromatic nitrogens is 2. The molecule has 0 amide bonds. The molecule has 0 spiro atoms. The smallest absolute Gasteiger partial charge is 0.203 e. The van der Waals surface area contributed by atoms with E-state index in [4.69, 9.17) is 0 Å². The van der Waals surface area contributed by atoms with Gasteiger partial charge in [-0.05, 0) is 39.3 Å². The van der Waals surface area contributed by atoms with Gasteiger partial charge in [-0.3, -0.25) is 0 Å². The second kappa shape index (κ2) is 4.66. The van der Waals surface area contributed by atoms with E-state index in [1.54, 1.807) is 0 Å². The van der Waals surface area contributed by atoms with Crippen LogP contribution < -0.4 is 10.6 Å². The van der Waals surface area contributed by atoms with Crippen molar-refractivity contribution in [2.75, 3.05) is 25.0 Å². The molecule has 0 aromatic carbocycles. The maximum atomic E-state index is 4.33. The average molecular weight is 208 g/mol. The summed E-state index contributed by atoms with van der Waals surface area (Å²) in [5.74, 6) is 1.75. The normalized spacial score (nSPS) is 21.1. The fourth-order valence-corrected chi connectivity index (χ4v) is 1.99. The molecule has 0 saturated carbocycles. The van der Waals surface area contributed by atoms with Crippen molar-refractivity contribution in [3.8, 4) is 0 Å². The molecule has 1 atom stereocenters. The van der Waals surface area contributed by atoms with Crippen molar-refractivity contribution < 1.29 is 0 Å². The monoisotopic (exact) mass is 208 g/mol. The minimum atomic E-state index is 0.469. The number of anilines is 1. The average Bonchev–Trinajstić information content (AvgIpc) is 2.86. The molecule has 2 heterocycles. The van der Waals surface area contributed by atoms with Crippen molar-refractivity contribution in [1.82, 2.24) is 14.9 Å². The van der Waals surface area contributed by atoms with Crippen LogP contribution in [0.25, 0.3) is 0 Å². The number of nitrogens with zero attached hydrogens (tertiary/aromatic N) is 2. The quantitative estimate of drug-likeness (QED) is 0.787. The van der Waals surface area contributed by atoms with Gasteiger partial charge >= 0.3 is 0 Å². The minimum absolute atomic E-state index is 0.469. The Morgan fingerprint density at radius 1 is 1.67 bits per heavy atom. The van der Waals surface area contributed by atoms with Crippen LogP contribution >= 0.6 is 0 Å². The van der Waals surface area contributed by atoms with Crippen LogP contribution in [-0.4, -0.2) is 29.2 Å². The van der Waals surface area contributed by atoms with Gasteiger partial charge in [-0.25, -0.2) is 4.98 Å². The molecule has 1 aliphatic rings. The summed E-state index contributed by atoms with van der Waals surface area (Å²) in [7, 11) is 0. The fourth-order valence-electron chi connectivity index (χ4n) is 1.99. The van der Waals surface area contributed by atoms with E-state index in [0.717, 1.165) is 31.5 Å². The molecule has 15 heavy (non-hydrogen) atoms. The van der Waals surface area contributed by atoms with Gasteiger partial charge in [0.05, 0.1) is 0 Å². The van der Waals surface area contributed by atoms with Crippen LogP contribution in [0.4, 0.5) is 5.95 Å². The Balaban J connectivity index is 1.89. The first kappa shape index (κ1) is 10.5. The maximum Gasteiger partial charge on any atom is 0.203 e. The zero-order valence-corrected chi connectivity index (χ0v) is 9.53. The Bertz CT molecular complexity index is 299. The van der Waals surface area contributed by atoms with Crippen molar-refractivity contribution in [2.24, 2.45) is 5.92 Å². The van der Waals surface area contributed by atoms with Gasteiger partial charge in [0.15, 0.2) is 0 Å². The first-order chi connectivity index (χ1) is 7.27. The van der Waals surface area contributed by atoms with Gasteiger partial charge in [-0.1, -0.05) is 0 Å². The molecule has 0 radical (unpaired) electrons. The summed E-state index contributed by atoms with van der Waals surface area (Å²) >= 11 is 0. The van der Waals surface area contributed by atoms with Gasteiger partial charge < -0.3 is 15.2 Å². The lowest BCUT2D eigenvalue weighted by Gasteiger charge is -2.14. The van der Waals surface area contributed by atoms with E-state index in [0.29, 0.717) is 6.04 Å². The van der Waals surface area contributed by atoms with E-state index < -0.39 is 0 Å². The molecule has 1 aliphatic heterocycles. The molecule has 1 aromatic heterocycles. The number of hydrogen-bond donors (Lipinski definition) is 2. The van der Waals surface area contributed by atoms with Crippen molar-refractivity contribution in [3.63, 3.8) is 0 Å². The molecule has 4 nitrogen and oxygen atoms in total. The fraction of sp³-hybridized carbons (Fsp3) is 0.727. The summed E-state index contributed by atoms with van der Waals surface area (Å²) in [6, 6.07) is 0.469. The Morgan fingerprint density at radius 3 is 3.20 bits per heavy atom. The summed E-state index contributed by atoms with van der Waals surface area (Å²) in [4.78, 5) is 4.33. The molecular formula is C11H20N4. The molecular weight excluding hydrogens is 188 g/mol. The number of imidazole rings is 1. The standard InChI is InChI=1S/C11H20N4/c1-9(2)15-6-5-13-11(15)14-8-10-3-4-12-7-10/h5-6,9-10,12H,3-4,7-8H2,1-2H3,(H,13,14). The van der Waals surface area contributed by atoms with E-state index in [9.17, 15) is 0 Å². The predicted molar refractivity (Wildman–Crippen MR) is 62.1 cm³/mol. The third kappa shape index (κ3) is 2.50. The first-order valence-electron chi connectivity index (χ1n) is 5.75. The van der Waals surface area contributed by atoms with E-state index in [1.165, 1.54) is 6.42 Å². The van der Waals surface area contributed by atoms with Crippen LogP contribution in [0.2, 0.25) is 0 Å². The van der Waals surface area contributed by atoms with E-state index >= 15 is 0 Å². The number of nitrogens with one attached hydrogen (secondary N) is 2. The van der Waals surface area contributed by atoms with Crippen LogP contribution in [0, 0.1) is 5.92 Å². The number of hydrogen-bond acceptors (Lipinski definition) is 3. The lowest BCUT2D eigenvalue weighted by atomic mass is 10.1. The Hall–Kier alpha value is -1.03. The third-order valence-corrected chi connectivity index (χ3v) is 2.94. The minimum Gasteiger partial charge on any atom is -0.355 e. The summed E-state index contributed by atoms with van der Waals surface area (Å²) in [6.45, 7) is 7.66. The largest absolute Gasteiger partial charge is 0.355 e. The molecule has 0 bridgehead atoms. The summed E-state index contributed by atoms with van der Waals surface area (Å²) < 4.78 is 2.17. The maximum absolute atomic E-state index is 4.33. The lowest BCUT2D eigenvalue weighted by molar-refractivity contribution is 0.583. The summed E-state index contributed by atoms with van der Waals surface area (Å²) in [5.41, 5.74) is 0. The highest BCUT2D eigenvalue weighted by Crippen LogP contribution is 2.14. The first-order valence-corrected chi connectivity index (χ1v) is 5.75. The van der Waals surface area contributed by atoms with E-state index in [-0.39, 0.29) is 0 Å².